The van der Waals surface area contributed by atoms with Gasteiger partial charge in [0.2, 0.25) is 5.88 Å². The summed E-state index contributed by atoms with van der Waals surface area (Å²) >= 11 is 0. The molecule has 0 aliphatic heterocycles. The average molecular weight is 306 g/mol. The summed E-state index contributed by atoms with van der Waals surface area (Å²) in [5.41, 5.74) is 0.279. The maximum Gasteiger partial charge on any atom is 0.258 e. The van der Waals surface area contributed by atoms with Gasteiger partial charge in [-0.05, 0) is 33.3 Å². The topological polar surface area (TPSA) is 51.2 Å². The fourth-order valence-corrected chi connectivity index (χ4v) is 2.19. The van der Waals surface area contributed by atoms with Crippen molar-refractivity contribution in [3.63, 3.8) is 0 Å². The van der Waals surface area contributed by atoms with E-state index >= 15 is 0 Å². The first-order valence-electron chi connectivity index (χ1n) is 6.30. The van der Waals surface area contributed by atoms with Crippen LogP contribution in [0.1, 0.15) is 39.3 Å². The molecule has 0 radical (unpaired) electrons. The van der Waals surface area contributed by atoms with Gasteiger partial charge in [0.25, 0.3) is 6.43 Å². The molecule has 1 heterocycles. The molecule has 4 nitrogen and oxygen atoms in total. The molecule has 0 aliphatic carbocycles. The highest BCUT2D eigenvalue weighted by atomic mass is 32.2. The fraction of sp³-hybridized carbons (Fsp3) is 0.615. The number of halogens is 2. The SMILES string of the molecule is CCOc1ccc([C@@H](N[S@@](=O)C(C)(C)C)C(F)F)cn1. The molecule has 114 valence electrons. The monoisotopic (exact) mass is 306 g/mol. The molecule has 0 fully saturated rings. The molecule has 0 spiro atoms. The number of pyridine rings is 1. The van der Waals surface area contributed by atoms with Crippen LogP contribution in [0.25, 0.3) is 0 Å². The first kappa shape index (κ1) is 17.0. The van der Waals surface area contributed by atoms with Gasteiger partial charge in [0.15, 0.2) is 0 Å². The highest BCUT2D eigenvalue weighted by Crippen LogP contribution is 2.24. The van der Waals surface area contributed by atoms with E-state index in [1.54, 1.807) is 20.8 Å². The smallest absolute Gasteiger partial charge is 0.258 e. The van der Waals surface area contributed by atoms with Crippen LogP contribution in [-0.4, -0.2) is 27.0 Å². The normalized spacial score (nSPS) is 15.2. The molecule has 1 aromatic rings. The van der Waals surface area contributed by atoms with Gasteiger partial charge < -0.3 is 4.74 Å². The molecule has 0 saturated heterocycles. The van der Waals surface area contributed by atoms with Crippen LogP contribution >= 0.6 is 0 Å². The Morgan fingerprint density at radius 2 is 2.05 bits per heavy atom. The van der Waals surface area contributed by atoms with Gasteiger partial charge in [-0.15, -0.1) is 0 Å². The summed E-state index contributed by atoms with van der Waals surface area (Å²) in [7, 11) is -1.59. The summed E-state index contributed by atoms with van der Waals surface area (Å²) in [4.78, 5) is 3.95. The zero-order valence-electron chi connectivity index (χ0n) is 12.0. The van der Waals surface area contributed by atoms with Crippen LogP contribution < -0.4 is 9.46 Å². The lowest BCUT2D eigenvalue weighted by atomic mass is 10.1. The highest BCUT2D eigenvalue weighted by molar-refractivity contribution is 7.84. The molecule has 2 atom stereocenters. The quantitative estimate of drug-likeness (QED) is 0.879. The maximum atomic E-state index is 13.1. The van der Waals surface area contributed by atoms with Gasteiger partial charge in [0.1, 0.15) is 6.04 Å². The number of hydrogen-bond acceptors (Lipinski definition) is 3. The second-order valence-corrected chi connectivity index (χ2v) is 7.17. The van der Waals surface area contributed by atoms with Gasteiger partial charge in [0, 0.05) is 12.3 Å². The molecule has 0 bridgehead atoms. The molecule has 0 aromatic carbocycles. The first-order chi connectivity index (χ1) is 9.25. The maximum absolute atomic E-state index is 13.1. The van der Waals surface area contributed by atoms with Gasteiger partial charge in [0.05, 0.1) is 22.3 Å². The van der Waals surface area contributed by atoms with Crippen molar-refractivity contribution >= 4 is 11.0 Å². The number of ether oxygens (including phenoxy) is 1. The summed E-state index contributed by atoms with van der Waals surface area (Å²) in [5.74, 6) is 0.376. The van der Waals surface area contributed by atoms with E-state index in [0.29, 0.717) is 12.5 Å². The van der Waals surface area contributed by atoms with E-state index in [2.05, 4.69) is 9.71 Å². The first-order valence-corrected chi connectivity index (χ1v) is 7.45. The number of rotatable bonds is 6. The summed E-state index contributed by atoms with van der Waals surface area (Å²) in [6, 6.07) is 1.70. The Labute approximate surface area is 120 Å². The van der Waals surface area contributed by atoms with Crippen molar-refractivity contribution in [1.82, 2.24) is 9.71 Å². The lowest BCUT2D eigenvalue weighted by Crippen LogP contribution is -2.38. The zero-order chi connectivity index (χ0) is 15.3. The van der Waals surface area contributed by atoms with Gasteiger partial charge in [-0.1, -0.05) is 6.07 Å². The zero-order valence-corrected chi connectivity index (χ0v) is 12.8. The third-order valence-electron chi connectivity index (χ3n) is 2.45. The number of alkyl halides is 2. The molecule has 1 N–H and O–H groups in total. The van der Waals surface area contributed by atoms with E-state index in [0.717, 1.165) is 0 Å². The standard InChI is InChI=1S/C13H20F2N2O2S/c1-5-19-10-7-6-9(8-16-10)11(12(14)15)17-20(18)13(2,3)4/h6-8,11-12,17H,5H2,1-4H3/t11-,20+/m1/s1. The summed E-state index contributed by atoms with van der Waals surface area (Å²) in [5, 5.41) is 0. The predicted octanol–water partition coefficient (Wildman–Crippen LogP) is 2.84. The van der Waals surface area contributed by atoms with E-state index < -0.39 is 28.2 Å². The lowest BCUT2D eigenvalue weighted by Gasteiger charge is -2.24. The molecular formula is C13H20F2N2O2S. The van der Waals surface area contributed by atoms with Crippen molar-refractivity contribution in [2.24, 2.45) is 0 Å². The Kier molecular flexibility index (Phi) is 6.01. The third-order valence-corrected chi connectivity index (χ3v) is 4.03. The molecule has 0 aliphatic rings. The van der Waals surface area contributed by atoms with Gasteiger partial charge >= 0.3 is 0 Å². The third kappa shape index (κ3) is 4.79. The van der Waals surface area contributed by atoms with Crippen LogP contribution in [0.4, 0.5) is 8.78 Å². The van der Waals surface area contributed by atoms with Crippen LogP contribution in [-0.2, 0) is 11.0 Å². The average Bonchev–Trinajstić information content (AvgIpc) is 2.35. The number of hydrogen-bond donors (Lipinski definition) is 1. The molecule has 0 unspecified atom stereocenters. The molecule has 7 heteroatoms. The van der Waals surface area contributed by atoms with Gasteiger partial charge in [-0.3, -0.25) is 0 Å². The fourth-order valence-electron chi connectivity index (χ4n) is 1.37. The van der Waals surface area contributed by atoms with Crippen LogP contribution in [0, 0.1) is 0 Å². The van der Waals surface area contributed by atoms with Crippen LogP contribution in [0.3, 0.4) is 0 Å². The minimum absolute atomic E-state index is 0.279. The van der Waals surface area contributed by atoms with E-state index in [1.165, 1.54) is 18.3 Å². The molecule has 1 rings (SSSR count). The second kappa shape index (κ2) is 7.08. The Balaban J connectivity index is 2.88. The largest absolute Gasteiger partial charge is 0.478 e. The van der Waals surface area contributed by atoms with Crippen molar-refractivity contribution in [2.45, 2.75) is 44.9 Å². The Morgan fingerprint density at radius 3 is 2.45 bits per heavy atom. The van der Waals surface area contributed by atoms with Crippen LogP contribution in [0.15, 0.2) is 18.3 Å². The van der Waals surface area contributed by atoms with Crippen LogP contribution in [0.2, 0.25) is 0 Å². The van der Waals surface area contributed by atoms with Crippen molar-refractivity contribution in [1.29, 1.82) is 0 Å². The minimum Gasteiger partial charge on any atom is -0.478 e. The summed E-state index contributed by atoms with van der Waals surface area (Å²) in [6.07, 6.45) is -1.37. The van der Waals surface area contributed by atoms with Crippen molar-refractivity contribution in [3.8, 4) is 5.88 Å². The van der Waals surface area contributed by atoms with Crippen molar-refractivity contribution in [2.75, 3.05) is 6.61 Å². The Bertz CT molecular complexity index is 447. The molecule has 20 heavy (non-hydrogen) atoms. The number of nitrogens with zero attached hydrogens (tertiary/aromatic N) is 1. The summed E-state index contributed by atoms with van der Waals surface area (Å²) in [6.45, 7) is 7.42. The van der Waals surface area contributed by atoms with Crippen molar-refractivity contribution < 1.29 is 17.7 Å². The van der Waals surface area contributed by atoms with Gasteiger partial charge in [-0.2, -0.15) is 0 Å². The number of aromatic nitrogens is 1. The van der Waals surface area contributed by atoms with E-state index in [9.17, 15) is 13.0 Å². The van der Waals surface area contributed by atoms with Gasteiger partial charge in [-0.25, -0.2) is 22.7 Å². The van der Waals surface area contributed by atoms with Crippen LogP contribution in [0.5, 0.6) is 5.88 Å². The Hall–Kier alpha value is -1.08. The molecule has 0 saturated carbocycles. The molecule has 1 aromatic heterocycles. The van der Waals surface area contributed by atoms with E-state index in [-0.39, 0.29) is 5.56 Å². The predicted molar refractivity (Wildman–Crippen MR) is 75.2 cm³/mol. The lowest BCUT2D eigenvalue weighted by molar-refractivity contribution is 0.109. The molecule has 0 amide bonds. The van der Waals surface area contributed by atoms with E-state index in [1.807, 2.05) is 6.92 Å². The highest BCUT2D eigenvalue weighted by Gasteiger charge is 2.29. The Morgan fingerprint density at radius 1 is 1.40 bits per heavy atom. The summed E-state index contributed by atoms with van der Waals surface area (Å²) < 4.78 is 45.2. The number of nitrogens with one attached hydrogen (secondary N) is 1. The second-order valence-electron chi connectivity index (χ2n) is 5.17. The minimum atomic E-state index is -2.68. The molecular weight excluding hydrogens is 286 g/mol. The van der Waals surface area contributed by atoms with E-state index in [4.69, 9.17) is 4.74 Å². The van der Waals surface area contributed by atoms with Crippen molar-refractivity contribution in [3.05, 3.63) is 23.9 Å².